The minimum Gasteiger partial charge on any atom is -0.269 e. The third-order valence-corrected chi connectivity index (χ3v) is 5.82. The number of hydrogen-bond acceptors (Lipinski definition) is 4. The topological polar surface area (TPSA) is 30.7 Å². The molecule has 0 unspecified atom stereocenters. The molecule has 0 spiro atoms. The Morgan fingerprint density at radius 1 is 1.25 bits per heavy atom. The number of nitrogens with zero attached hydrogens (tertiary/aromatic N) is 3. The highest BCUT2D eigenvalue weighted by Gasteiger charge is 2.18. The first-order valence-corrected chi connectivity index (χ1v) is 8.36. The van der Waals surface area contributed by atoms with Crippen molar-refractivity contribution in [3.63, 3.8) is 0 Å². The van der Waals surface area contributed by atoms with Crippen molar-refractivity contribution in [1.29, 1.82) is 0 Å². The van der Waals surface area contributed by atoms with Gasteiger partial charge in [0.15, 0.2) is 4.34 Å². The van der Waals surface area contributed by atoms with Crippen molar-refractivity contribution in [2.45, 2.75) is 36.4 Å². The highest BCUT2D eigenvalue weighted by molar-refractivity contribution is 8.01. The van der Waals surface area contributed by atoms with Crippen molar-refractivity contribution >= 4 is 33.3 Å². The molecular formula is C15H17N3S2. The van der Waals surface area contributed by atoms with Crippen molar-refractivity contribution in [1.82, 2.24) is 14.8 Å². The summed E-state index contributed by atoms with van der Waals surface area (Å²) in [6.45, 7) is 6.51. The average molecular weight is 303 g/mol. The standard InChI is InChI=1S/C15H17N3S2/c1-10-8-16-18(9-10)11(2)12(3)19-15-17-13-6-4-5-7-14(13)20-15/h4-9,11-12H,1-3H3/t11-,12+/m0/s1. The minimum absolute atomic E-state index is 0.348. The predicted octanol–water partition coefficient (Wildman–Crippen LogP) is 4.54. The molecule has 0 aliphatic carbocycles. The molecule has 0 saturated carbocycles. The van der Waals surface area contributed by atoms with E-state index in [0.717, 1.165) is 9.86 Å². The van der Waals surface area contributed by atoms with Crippen LogP contribution < -0.4 is 0 Å². The maximum Gasteiger partial charge on any atom is 0.151 e. The first kappa shape index (κ1) is 13.6. The molecule has 0 aliphatic heterocycles. The summed E-state index contributed by atoms with van der Waals surface area (Å²) in [5.41, 5.74) is 2.30. The zero-order valence-electron chi connectivity index (χ0n) is 11.8. The van der Waals surface area contributed by atoms with Crippen molar-refractivity contribution < 1.29 is 0 Å². The Kier molecular flexibility index (Phi) is 3.81. The van der Waals surface area contributed by atoms with Gasteiger partial charge in [-0.25, -0.2) is 4.98 Å². The number of thiazole rings is 1. The summed E-state index contributed by atoms with van der Waals surface area (Å²) in [5, 5.41) is 4.83. The predicted molar refractivity (Wildman–Crippen MR) is 86.6 cm³/mol. The Morgan fingerprint density at radius 2 is 2.05 bits per heavy atom. The summed E-state index contributed by atoms with van der Waals surface area (Å²) in [5.74, 6) is 0. The number of aromatic nitrogens is 3. The van der Waals surface area contributed by atoms with Gasteiger partial charge in [0.05, 0.1) is 22.5 Å². The van der Waals surface area contributed by atoms with Gasteiger partial charge in [-0.15, -0.1) is 11.3 Å². The lowest BCUT2D eigenvalue weighted by molar-refractivity contribution is 0.487. The van der Waals surface area contributed by atoms with Crippen LogP contribution in [-0.4, -0.2) is 20.0 Å². The summed E-state index contributed by atoms with van der Waals surface area (Å²) < 4.78 is 4.43. The van der Waals surface area contributed by atoms with Crippen LogP contribution in [0.25, 0.3) is 10.2 Å². The van der Waals surface area contributed by atoms with E-state index in [2.05, 4.69) is 55.2 Å². The molecule has 0 aliphatic rings. The van der Waals surface area contributed by atoms with Crippen LogP contribution in [0.15, 0.2) is 41.0 Å². The van der Waals surface area contributed by atoms with Crippen LogP contribution in [0.1, 0.15) is 25.5 Å². The van der Waals surface area contributed by atoms with Gasteiger partial charge in [0.1, 0.15) is 0 Å². The molecule has 0 fully saturated rings. The number of aryl methyl sites for hydroxylation is 1. The largest absolute Gasteiger partial charge is 0.269 e. The highest BCUT2D eigenvalue weighted by Crippen LogP contribution is 2.35. The van der Waals surface area contributed by atoms with Crippen LogP contribution >= 0.6 is 23.1 Å². The van der Waals surface area contributed by atoms with Gasteiger partial charge in [-0.3, -0.25) is 4.68 Å². The molecule has 0 radical (unpaired) electrons. The lowest BCUT2D eigenvalue weighted by atomic mass is 10.2. The fraction of sp³-hybridized carbons (Fsp3) is 0.333. The second-order valence-electron chi connectivity index (χ2n) is 5.01. The molecule has 104 valence electrons. The highest BCUT2D eigenvalue weighted by atomic mass is 32.2. The third-order valence-electron chi connectivity index (χ3n) is 3.39. The number of hydrogen-bond donors (Lipinski definition) is 0. The molecule has 0 saturated heterocycles. The lowest BCUT2D eigenvalue weighted by Gasteiger charge is -2.18. The normalized spacial score (nSPS) is 14.6. The van der Waals surface area contributed by atoms with Gasteiger partial charge < -0.3 is 0 Å². The van der Waals surface area contributed by atoms with Crippen LogP contribution in [0.2, 0.25) is 0 Å². The summed E-state index contributed by atoms with van der Waals surface area (Å²) >= 11 is 3.59. The van der Waals surface area contributed by atoms with Crippen molar-refractivity contribution in [3.8, 4) is 0 Å². The summed E-state index contributed by atoms with van der Waals surface area (Å²) in [6.07, 6.45) is 4.01. The second kappa shape index (κ2) is 5.58. The second-order valence-corrected chi connectivity index (χ2v) is 7.66. The number of rotatable bonds is 4. The van der Waals surface area contributed by atoms with Crippen LogP contribution in [0.4, 0.5) is 0 Å². The zero-order chi connectivity index (χ0) is 14.1. The number of thioether (sulfide) groups is 1. The van der Waals surface area contributed by atoms with Crippen molar-refractivity contribution in [3.05, 3.63) is 42.2 Å². The fourth-order valence-electron chi connectivity index (χ4n) is 2.03. The Bertz CT molecular complexity index is 684. The first-order valence-electron chi connectivity index (χ1n) is 6.66. The quantitative estimate of drug-likeness (QED) is 0.663. The first-order chi connectivity index (χ1) is 9.63. The Labute approximate surface area is 127 Å². The van der Waals surface area contributed by atoms with E-state index in [9.17, 15) is 0 Å². The van der Waals surface area contributed by atoms with Gasteiger partial charge in [-0.2, -0.15) is 5.10 Å². The molecule has 0 amide bonds. The van der Waals surface area contributed by atoms with Crippen LogP contribution in [0.5, 0.6) is 0 Å². The van der Waals surface area contributed by atoms with E-state index in [0.29, 0.717) is 11.3 Å². The van der Waals surface area contributed by atoms with Gasteiger partial charge >= 0.3 is 0 Å². The third kappa shape index (κ3) is 2.74. The van der Waals surface area contributed by atoms with Gasteiger partial charge in [-0.05, 0) is 31.5 Å². The molecule has 0 N–H and O–H groups in total. The summed E-state index contributed by atoms with van der Waals surface area (Å²) in [4.78, 5) is 4.69. The van der Waals surface area contributed by atoms with E-state index in [1.165, 1.54) is 10.3 Å². The van der Waals surface area contributed by atoms with Crippen LogP contribution in [-0.2, 0) is 0 Å². The van der Waals surface area contributed by atoms with E-state index in [-0.39, 0.29) is 0 Å². The Hall–Kier alpha value is -1.33. The van der Waals surface area contributed by atoms with Gasteiger partial charge in [0.2, 0.25) is 0 Å². The van der Waals surface area contributed by atoms with Crippen LogP contribution in [0.3, 0.4) is 0 Å². The molecule has 5 heteroatoms. The van der Waals surface area contributed by atoms with E-state index in [4.69, 9.17) is 0 Å². The van der Waals surface area contributed by atoms with Gasteiger partial charge in [0, 0.05) is 11.4 Å². The summed E-state index contributed by atoms with van der Waals surface area (Å²) in [6, 6.07) is 8.64. The van der Waals surface area contributed by atoms with E-state index < -0.39 is 0 Å². The maximum atomic E-state index is 4.69. The monoisotopic (exact) mass is 303 g/mol. The van der Waals surface area contributed by atoms with E-state index >= 15 is 0 Å². The smallest absolute Gasteiger partial charge is 0.151 e. The zero-order valence-corrected chi connectivity index (χ0v) is 13.4. The molecule has 2 aromatic heterocycles. The molecule has 2 heterocycles. The molecule has 0 bridgehead atoms. The number of fused-ring (bicyclic) bond motifs is 1. The van der Waals surface area contributed by atoms with Crippen molar-refractivity contribution in [2.75, 3.05) is 0 Å². The van der Waals surface area contributed by atoms with Crippen LogP contribution in [0, 0.1) is 6.92 Å². The van der Waals surface area contributed by atoms with E-state index in [1.54, 1.807) is 11.3 Å². The molecule has 20 heavy (non-hydrogen) atoms. The molecule has 1 aromatic carbocycles. The van der Waals surface area contributed by atoms with Gasteiger partial charge in [0.25, 0.3) is 0 Å². The molecule has 3 aromatic rings. The molecule has 3 nitrogen and oxygen atoms in total. The molecular weight excluding hydrogens is 286 g/mol. The Balaban J connectivity index is 1.76. The Morgan fingerprint density at radius 3 is 2.75 bits per heavy atom. The molecule has 2 atom stereocenters. The van der Waals surface area contributed by atoms with Crippen molar-refractivity contribution in [2.24, 2.45) is 0 Å². The fourth-order valence-corrected chi connectivity index (χ4v) is 4.43. The SMILES string of the molecule is Cc1cnn([C@@H](C)[C@@H](C)Sc2nc3ccccc3s2)c1. The lowest BCUT2D eigenvalue weighted by Crippen LogP contribution is -2.16. The average Bonchev–Trinajstić information content (AvgIpc) is 3.03. The van der Waals surface area contributed by atoms with Gasteiger partial charge in [-0.1, -0.05) is 30.8 Å². The summed E-state index contributed by atoms with van der Waals surface area (Å²) in [7, 11) is 0. The maximum absolute atomic E-state index is 4.69. The molecule has 3 rings (SSSR count). The van der Waals surface area contributed by atoms with E-state index in [1.807, 2.05) is 28.7 Å². The number of para-hydroxylation sites is 1. The number of benzene rings is 1. The minimum atomic E-state index is 0.348.